The Bertz CT molecular complexity index is 4900. The third-order valence-corrected chi connectivity index (χ3v) is 16.0. The number of nitrogens with zero attached hydrogens (tertiary/aromatic N) is 12. The van der Waals surface area contributed by atoms with Crippen molar-refractivity contribution in [3.63, 3.8) is 0 Å². The predicted octanol–water partition coefficient (Wildman–Crippen LogP) is 18.1. The van der Waals surface area contributed by atoms with Crippen molar-refractivity contribution in [1.29, 1.82) is 0 Å². The fourth-order valence-corrected chi connectivity index (χ4v) is 11.5. The third kappa shape index (κ3) is 10.7. The van der Waals surface area contributed by atoms with Gasteiger partial charge < -0.3 is 4.57 Å². The molecule has 0 fully saturated rings. The summed E-state index contributed by atoms with van der Waals surface area (Å²) in [5.74, 6) is 5.43. The molecule has 16 aromatic rings. The number of fused-ring (bicyclic) bond motifs is 3. The van der Waals surface area contributed by atoms with Crippen LogP contribution in [0.5, 0.6) is 0 Å². The van der Waals surface area contributed by atoms with Crippen molar-refractivity contribution in [2.24, 2.45) is 0 Å². The smallest absolute Gasteiger partial charge is 0.166 e. The normalized spacial score (nSPS) is 11.3. The summed E-state index contributed by atoms with van der Waals surface area (Å²) in [4.78, 5) is 57.5. The Balaban J connectivity index is 0.971. The fourth-order valence-electron chi connectivity index (χ4n) is 11.5. The lowest BCUT2D eigenvalue weighted by Crippen LogP contribution is -2.04. The van der Waals surface area contributed by atoms with Crippen LogP contribution in [0.2, 0.25) is 0 Å². The highest BCUT2D eigenvalue weighted by molar-refractivity contribution is 6.12. The van der Waals surface area contributed by atoms with Gasteiger partial charge in [0.25, 0.3) is 0 Å². The van der Waals surface area contributed by atoms with E-state index in [2.05, 4.69) is 77.4 Å². The molecular weight excluding hydrogens is 1120 g/mol. The number of aromatic nitrogens is 12. The predicted molar refractivity (Wildman–Crippen MR) is 362 cm³/mol. The van der Waals surface area contributed by atoms with Crippen molar-refractivity contribution in [3.8, 4) is 142 Å². The summed E-state index contributed by atoms with van der Waals surface area (Å²) in [5, 5.41) is 1.85. The molecule has 0 spiro atoms. The minimum atomic E-state index is 0.465. The summed E-state index contributed by atoms with van der Waals surface area (Å²) in [6.45, 7) is 0. The van der Waals surface area contributed by atoms with Gasteiger partial charge in [0.2, 0.25) is 0 Å². The topological polar surface area (TPSA) is 147 Å². The quantitative estimate of drug-likeness (QED) is 0.109. The average Bonchev–Trinajstić information content (AvgIpc) is 1.66. The fraction of sp³-hybridized carbons (Fsp3) is 0. The largest absolute Gasteiger partial charge is 0.308 e. The maximum Gasteiger partial charge on any atom is 0.166 e. The standard InChI is InChI=1S/C79H50N12/c1-9-25-51(26-10-1)65-50-66(81-70(80-65)52-27-11-2-12-28-52)59-41-44-69(64(47-59)79-89-75(57-37-21-7-22-38-57)84-76(90-79)58-39-23-8-24-40-58)91-67-45-42-60(77-85-71(53-29-13-3-14-30-53)82-72(86-77)54-31-15-4-16-32-54)48-62(67)63-49-61(43-46-68(63)91)78-87-73(55-33-17-5-18-34-55)83-74(88-78)56-35-19-6-20-36-56/h1-50H. The zero-order valence-corrected chi connectivity index (χ0v) is 48.7. The molecule has 12 heteroatoms. The van der Waals surface area contributed by atoms with Gasteiger partial charge >= 0.3 is 0 Å². The van der Waals surface area contributed by atoms with E-state index in [1.807, 2.05) is 231 Å². The molecule has 426 valence electrons. The van der Waals surface area contributed by atoms with Gasteiger partial charge in [0.15, 0.2) is 58.2 Å². The maximum absolute atomic E-state index is 5.42. The molecule has 0 aliphatic carbocycles. The van der Waals surface area contributed by atoms with E-state index in [4.69, 9.17) is 54.8 Å². The summed E-state index contributed by atoms with van der Waals surface area (Å²) >= 11 is 0. The van der Waals surface area contributed by atoms with E-state index < -0.39 is 0 Å². The second-order valence-electron chi connectivity index (χ2n) is 21.8. The maximum atomic E-state index is 5.42. The summed E-state index contributed by atoms with van der Waals surface area (Å²) < 4.78 is 2.30. The van der Waals surface area contributed by atoms with E-state index in [1.54, 1.807) is 0 Å². The van der Waals surface area contributed by atoms with Gasteiger partial charge in [-0.25, -0.2) is 54.8 Å². The lowest BCUT2D eigenvalue weighted by atomic mass is 10.0. The van der Waals surface area contributed by atoms with Crippen LogP contribution >= 0.6 is 0 Å². The molecule has 5 heterocycles. The number of hydrogen-bond donors (Lipinski definition) is 0. The van der Waals surface area contributed by atoms with Crippen molar-refractivity contribution in [2.45, 2.75) is 0 Å². The molecule has 0 aliphatic rings. The second kappa shape index (κ2) is 23.5. The Kier molecular flexibility index (Phi) is 13.9. The van der Waals surface area contributed by atoms with Crippen molar-refractivity contribution in [1.82, 2.24) is 59.4 Å². The van der Waals surface area contributed by atoms with E-state index in [9.17, 15) is 0 Å². The zero-order chi connectivity index (χ0) is 60.5. The third-order valence-electron chi connectivity index (χ3n) is 16.0. The Morgan fingerprint density at radius 3 is 0.747 bits per heavy atom. The molecule has 91 heavy (non-hydrogen) atoms. The molecule has 0 N–H and O–H groups in total. The first-order valence-electron chi connectivity index (χ1n) is 29.9. The minimum Gasteiger partial charge on any atom is -0.308 e. The van der Waals surface area contributed by atoms with Gasteiger partial charge in [-0.05, 0) is 54.6 Å². The summed E-state index contributed by atoms with van der Waals surface area (Å²) in [6, 6.07) is 102. The van der Waals surface area contributed by atoms with Crippen LogP contribution in [-0.4, -0.2) is 59.4 Å². The first-order valence-corrected chi connectivity index (χ1v) is 29.9. The van der Waals surface area contributed by atoms with E-state index in [1.165, 1.54) is 0 Å². The molecule has 5 aromatic heterocycles. The van der Waals surface area contributed by atoms with Crippen LogP contribution in [0.3, 0.4) is 0 Å². The lowest BCUT2D eigenvalue weighted by Gasteiger charge is -2.17. The van der Waals surface area contributed by atoms with E-state index in [0.717, 1.165) is 106 Å². The second-order valence-corrected chi connectivity index (χ2v) is 21.8. The number of benzene rings is 11. The summed E-state index contributed by atoms with van der Waals surface area (Å²) in [5.41, 5.74) is 14.4. The first kappa shape index (κ1) is 53.8. The molecule has 16 rings (SSSR count). The van der Waals surface area contributed by atoms with E-state index in [0.29, 0.717) is 58.2 Å². The Morgan fingerprint density at radius 2 is 0.429 bits per heavy atom. The zero-order valence-electron chi connectivity index (χ0n) is 48.7. The van der Waals surface area contributed by atoms with Crippen LogP contribution in [0.25, 0.3) is 164 Å². The molecule has 0 radical (unpaired) electrons. The van der Waals surface area contributed by atoms with Crippen LogP contribution in [0.1, 0.15) is 0 Å². The lowest BCUT2D eigenvalue weighted by molar-refractivity contribution is 1.06. The molecule has 0 saturated heterocycles. The molecule has 0 saturated carbocycles. The van der Waals surface area contributed by atoms with Gasteiger partial charge in [0, 0.05) is 77.5 Å². The van der Waals surface area contributed by atoms with Crippen molar-refractivity contribution < 1.29 is 0 Å². The molecule has 0 amide bonds. The molecular formula is C79H50N12. The van der Waals surface area contributed by atoms with Crippen LogP contribution < -0.4 is 0 Å². The van der Waals surface area contributed by atoms with Gasteiger partial charge in [0.05, 0.1) is 28.1 Å². The highest BCUT2D eigenvalue weighted by Gasteiger charge is 2.24. The summed E-state index contributed by atoms with van der Waals surface area (Å²) in [7, 11) is 0. The van der Waals surface area contributed by atoms with Gasteiger partial charge in [-0.3, -0.25) is 0 Å². The SMILES string of the molecule is c1ccc(-c2cc(-c3ccc(-n4c5ccc(-c6nc(-c7ccccc7)nc(-c7ccccc7)n6)cc5c5cc(-c6nc(-c7ccccc7)nc(-c7ccccc7)n6)ccc54)c(-c4nc(-c5ccccc5)nc(-c5ccccc5)n4)c3)nc(-c3ccccc3)n2)cc1. The van der Waals surface area contributed by atoms with Crippen molar-refractivity contribution in [2.75, 3.05) is 0 Å². The average molecular weight is 1170 g/mol. The molecule has 0 aliphatic heterocycles. The van der Waals surface area contributed by atoms with Gasteiger partial charge in [-0.15, -0.1) is 0 Å². The highest BCUT2D eigenvalue weighted by atomic mass is 15.1. The van der Waals surface area contributed by atoms with Crippen LogP contribution in [0.15, 0.2) is 303 Å². The van der Waals surface area contributed by atoms with Gasteiger partial charge in [0.1, 0.15) is 0 Å². The van der Waals surface area contributed by atoms with Crippen molar-refractivity contribution >= 4 is 21.8 Å². The van der Waals surface area contributed by atoms with Crippen LogP contribution in [-0.2, 0) is 0 Å². The monoisotopic (exact) mass is 1170 g/mol. The summed E-state index contributed by atoms with van der Waals surface area (Å²) in [6.07, 6.45) is 0. The number of hydrogen-bond acceptors (Lipinski definition) is 11. The van der Waals surface area contributed by atoms with Gasteiger partial charge in [-0.1, -0.05) is 249 Å². The highest BCUT2D eigenvalue weighted by Crippen LogP contribution is 2.42. The molecule has 11 aromatic carbocycles. The molecule has 0 unspecified atom stereocenters. The first-order chi connectivity index (χ1) is 45.1. The Labute approximate surface area is 523 Å². The molecule has 0 atom stereocenters. The number of rotatable bonds is 13. The van der Waals surface area contributed by atoms with Crippen molar-refractivity contribution in [3.05, 3.63) is 303 Å². The van der Waals surface area contributed by atoms with Gasteiger partial charge in [-0.2, -0.15) is 0 Å². The molecule has 0 bridgehead atoms. The Hall–Kier alpha value is -12.7. The molecule has 12 nitrogen and oxygen atoms in total. The Morgan fingerprint density at radius 1 is 0.176 bits per heavy atom. The van der Waals surface area contributed by atoms with E-state index in [-0.39, 0.29) is 0 Å². The van der Waals surface area contributed by atoms with Crippen LogP contribution in [0.4, 0.5) is 0 Å². The van der Waals surface area contributed by atoms with E-state index >= 15 is 0 Å². The minimum absolute atomic E-state index is 0.465. The van der Waals surface area contributed by atoms with Crippen LogP contribution in [0, 0.1) is 0 Å².